The Kier molecular flexibility index (Phi) is 8.22. The van der Waals surface area contributed by atoms with E-state index in [0.717, 1.165) is 5.56 Å². The van der Waals surface area contributed by atoms with Crippen LogP contribution in [0.25, 0.3) is 0 Å². The number of benzene rings is 1. The summed E-state index contributed by atoms with van der Waals surface area (Å²) in [7, 11) is 1.46. The molecule has 0 aliphatic carbocycles. The van der Waals surface area contributed by atoms with Gasteiger partial charge >= 0.3 is 12.0 Å². The van der Waals surface area contributed by atoms with Crippen LogP contribution < -0.4 is 10.6 Å². The monoisotopic (exact) mass is 410 g/mol. The van der Waals surface area contributed by atoms with Gasteiger partial charge in [-0.2, -0.15) is 0 Å². The summed E-state index contributed by atoms with van der Waals surface area (Å²) in [5.74, 6) is -0.656. The van der Waals surface area contributed by atoms with Gasteiger partial charge in [-0.15, -0.1) is 0 Å². The molecule has 0 unspecified atom stereocenters. The Balaban J connectivity index is 2.04. The molecule has 0 aromatic heterocycles. The molecule has 0 saturated carbocycles. The Morgan fingerprint density at radius 1 is 1.11 bits per heavy atom. The second-order valence-corrected chi connectivity index (χ2v) is 6.96. The third-order valence-electron chi connectivity index (χ3n) is 4.80. The Morgan fingerprint density at radius 3 is 2.21 bits per heavy atom. The minimum absolute atomic E-state index is 0.302. The Bertz CT molecular complexity index is 690. The van der Waals surface area contributed by atoms with E-state index in [1.165, 1.54) is 7.05 Å². The van der Waals surface area contributed by atoms with Crippen LogP contribution in [0.2, 0.25) is 5.02 Å². The fraction of sp³-hybridized carbons (Fsp3) is 0.526. The number of piperazine rings is 1. The van der Waals surface area contributed by atoms with E-state index in [2.05, 4.69) is 10.6 Å². The molecule has 8 nitrogen and oxygen atoms in total. The highest BCUT2D eigenvalue weighted by Gasteiger charge is 2.33. The summed E-state index contributed by atoms with van der Waals surface area (Å²) in [5.41, 5.74) is 0.821. The molecule has 9 heteroatoms. The van der Waals surface area contributed by atoms with Gasteiger partial charge < -0.3 is 10.1 Å². The molecule has 3 amide bonds. The van der Waals surface area contributed by atoms with Crippen LogP contribution in [0.15, 0.2) is 24.3 Å². The van der Waals surface area contributed by atoms with Gasteiger partial charge in [0.05, 0.1) is 12.6 Å². The molecule has 2 rings (SSSR count). The third-order valence-corrected chi connectivity index (χ3v) is 5.05. The van der Waals surface area contributed by atoms with Crippen molar-refractivity contribution in [1.82, 2.24) is 20.4 Å². The Morgan fingerprint density at radius 2 is 1.68 bits per heavy atom. The highest BCUT2D eigenvalue weighted by Crippen LogP contribution is 2.25. The lowest BCUT2D eigenvalue weighted by Crippen LogP contribution is -2.56. The van der Waals surface area contributed by atoms with Crippen molar-refractivity contribution in [3.63, 3.8) is 0 Å². The van der Waals surface area contributed by atoms with Crippen molar-refractivity contribution in [1.29, 1.82) is 0 Å². The molecule has 0 radical (unpaired) electrons. The number of nitrogens with zero attached hydrogens (tertiary/aromatic N) is 2. The third kappa shape index (κ3) is 5.67. The van der Waals surface area contributed by atoms with Crippen molar-refractivity contribution in [2.45, 2.75) is 25.9 Å². The number of hydrogen-bond acceptors (Lipinski definition) is 6. The van der Waals surface area contributed by atoms with Crippen molar-refractivity contribution >= 4 is 29.5 Å². The van der Waals surface area contributed by atoms with Crippen LogP contribution >= 0.6 is 11.6 Å². The number of esters is 1. The SMILES string of the molecule is CCOC(=O)[C@@H](c1ccc(Cl)cc1)N1CCN([C@H](C)C(=O)NC(=O)NC)CC1. The first-order valence-corrected chi connectivity index (χ1v) is 9.68. The Labute approximate surface area is 170 Å². The summed E-state index contributed by atoms with van der Waals surface area (Å²) >= 11 is 5.97. The number of halogens is 1. The average molecular weight is 411 g/mol. The molecule has 1 aromatic carbocycles. The van der Waals surface area contributed by atoms with Crippen LogP contribution in [0.3, 0.4) is 0 Å². The van der Waals surface area contributed by atoms with Crippen molar-refractivity contribution in [2.75, 3.05) is 39.8 Å². The maximum atomic E-state index is 12.6. The molecule has 1 aliphatic rings. The molecule has 1 saturated heterocycles. The first kappa shape index (κ1) is 22.1. The number of carbonyl (C=O) groups is 3. The number of urea groups is 1. The lowest BCUT2D eigenvalue weighted by Gasteiger charge is -2.40. The molecular formula is C19H27ClN4O4. The highest BCUT2D eigenvalue weighted by molar-refractivity contribution is 6.30. The summed E-state index contributed by atoms with van der Waals surface area (Å²) in [5, 5.41) is 5.26. The summed E-state index contributed by atoms with van der Waals surface area (Å²) in [6, 6.07) is 5.67. The van der Waals surface area contributed by atoms with Crippen molar-refractivity contribution < 1.29 is 19.1 Å². The van der Waals surface area contributed by atoms with E-state index < -0.39 is 18.1 Å². The fourth-order valence-corrected chi connectivity index (χ4v) is 3.32. The van der Waals surface area contributed by atoms with Gasteiger partial charge in [0, 0.05) is 38.2 Å². The number of amides is 3. The summed E-state index contributed by atoms with van der Waals surface area (Å²) < 4.78 is 5.27. The molecule has 2 N–H and O–H groups in total. The summed E-state index contributed by atoms with van der Waals surface area (Å²) in [6.45, 7) is 6.20. The minimum Gasteiger partial charge on any atom is -0.465 e. The van der Waals surface area contributed by atoms with Crippen LogP contribution in [0, 0.1) is 0 Å². The van der Waals surface area contributed by atoms with Gasteiger partial charge in [-0.3, -0.25) is 19.9 Å². The second kappa shape index (κ2) is 10.4. The lowest BCUT2D eigenvalue weighted by molar-refractivity contribution is -0.151. The molecule has 1 aliphatic heterocycles. The first-order valence-electron chi connectivity index (χ1n) is 9.30. The number of carbonyl (C=O) groups excluding carboxylic acids is 3. The molecule has 1 aromatic rings. The van der Waals surface area contributed by atoms with Crippen LogP contribution in [0.4, 0.5) is 4.79 Å². The normalized spacial score (nSPS) is 17.4. The quantitative estimate of drug-likeness (QED) is 0.689. The number of nitrogens with one attached hydrogen (secondary N) is 2. The molecule has 154 valence electrons. The first-order chi connectivity index (χ1) is 13.4. The average Bonchev–Trinajstić information content (AvgIpc) is 2.69. The molecule has 1 heterocycles. The zero-order valence-corrected chi connectivity index (χ0v) is 17.2. The van der Waals surface area contributed by atoms with Gasteiger partial charge in [0.25, 0.3) is 0 Å². The number of hydrogen-bond donors (Lipinski definition) is 2. The standard InChI is InChI=1S/C19H27ClN4O4/c1-4-28-18(26)16(14-5-7-15(20)8-6-14)24-11-9-23(10-12-24)13(2)17(25)22-19(27)21-3/h5-8,13,16H,4,9-12H2,1-3H3,(H2,21,22,25,27)/t13-,16-/m1/s1. The number of rotatable bonds is 6. The van der Waals surface area contributed by atoms with Crippen molar-refractivity contribution in [3.05, 3.63) is 34.9 Å². The van der Waals surface area contributed by atoms with Crippen molar-refractivity contribution in [2.24, 2.45) is 0 Å². The van der Waals surface area contributed by atoms with E-state index in [9.17, 15) is 14.4 Å². The van der Waals surface area contributed by atoms with Crippen molar-refractivity contribution in [3.8, 4) is 0 Å². The molecule has 28 heavy (non-hydrogen) atoms. The van der Waals surface area contributed by atoms with E-state index in [1.807, 2.05) is 21.9 Å². The van der Waals surface area contributed by atoms with Crippen LogP contribution in [0.1, 0.15) is 25.5 Å². The maximum absolute atomic E-state index is 12.6. The molecular weight excluding hydrogens is 384 g/mol. The predicted molar refractivity (Wildman–Crippen MR) is 106 cm³/mol. The fourth-order valence-electron chi connectivity index (χ4n) is 3.19. The molecule has 2 atom stereocenters. The van der Waals surface area contributed by atoms with E-state index in [-0.39, 0.29) is 11.9 Å². The van der Waals surface area contributed by atoms with E-state index in [1.54, 1.807) is 26.0 Å². The summed E-state index contributed by atoms with van der Waals surface area (Å²) in [4.78, 5) is 40.1. The van der Waals surface area contributed by atoms with Gasteiger partial charge in [-0.1, -0.05) is 23.7 Å². The zero-order valence-electron chi connectivity index (χ0n) is 16.4. The lowest BCUT2D eigenvalue weighted by atomic mass is 10.0. The van der Waals surface area contributed by atoms with Gasteiger partial charge in [0.15, 0.2) is 0 Å². The molecule has 1 fully saturated rings. The van der Waals surface area contributed by atoms with E-state index >= 15 is 0 Å². The maximum Gasteiger partial charge on any atom is 0.328 e. The number of imide groups is 1. The second-order valence-electron chi connectivity index (χ2n) is 6.52. The van der Waals surface area contributed by atoms with E-state index in [0.29, 0.717) is 37.8 Å². The van der Waals surface area contributed by atoms with Crippen LogP contribution in [0.5, 0.6) is 0 Å². The smallest absolute Gasteiger partial charge is 0.328 e. The van der Waals surface area contributed by atoms with Gasteiger partial charge in [0.2, 0.25) is 5.91 Å². The van der Waals surface area contributed by atoms with E-state index in [4.69, 9.17) is 16.3 Å². The van der Waals surface area contributed by atoms with Gasteiger partial charge in [-0.05, 0) is 31.5 Å². The van der Waals surface area contributed by atoms with Gasteiger partial charge in [0.1, 0.15) is 6.04 Å². The van der Waals surface area contributed by atoms with Crippen LogP contribution in [-0.4, -0.2) is 73.6 Å². The van der Waals surface area contributed by atoms with Crippen LogP contribution in [-0.2, 0) is 14.3 Å². The minimum atomic E-state index is -0.527. The molecule has 0 bridgehead atoms. The highest BCUT2D eigenvalue weighted by atomic mass is 35.5. The zero-order chi connectivity index (χ0) is 20.7. The largest absolute Gasteiger partial charge is 0.465 e. The molecule has 0 spiro atoms. The topological polar surface area (TPSA) is 91.0 Å². The summed E-state index contributed by atoms with van der Waals surface area (Å²) in [6.07, 6.45) is 0. The predicted octanol–water partition coefficient (Wildman–Crippen LogP) is 1.41. The van der Waals surface area contributed by atoms with Gasteiger partial charge in [-0.25, -0.2) is 9.59 Å². The Hall–Kier alpha value is -2.16. The number of ether oxygens (including phenoxy) is 1.